The van der Waals surface area contributed by atoms with E-state index in [0.29, 0.717) is 24.7 Å². The summed E-state index contributed by atoms with van der Waals surface area (Å²) in [6.07, 6.45) is -0.183. The number of amides is 1. The third-order valence-corrected chi connectivity index (χ3v) is 2.64. The minimum atomic E-state index is -0.679. The van der Waals surface area contributed by atoms with Gasteiger partial charge in [0, 0.05) is 13.5 Å². The normalized spacial score (nSPS) is 11.9. The molecule has 0 radical (unpaired) electrons. The van der Waals surface area contributed by atoms with Crippen LogP contribution >= 0.6 is 0 Å². The summed E-state index contributed by atoms with van der Waals surface area (Å²) < 4.78 is 15.7. The fourth-order valence-electron chi connectivity index (χ4n) is 1.56. The van der Waals surface area contributed by atoms with Crippen LogP contribution in [0.15, 0.2) is 34.7 Å². The standard InChI is InChI=1S/C14H17N3O4/c1-10(20-11-6-4-3-5-7-11)13(18)15-14-17-16-12(21-14)8-9-19-2/h3-7,10H,8-9H2,1-2H3,(H,15,17,18). The van der Waals surface area contributed by atoms with Crippen molar-refractivity contribution in [2.45, 2.75) is 19.4 Å². The number of methoxy groups -OCH3 is 1. The summed E-state index contributed by atoms with van der Waals surface area (Å²) in [6.45, 7) is 2.12. The van der Waals surface area contributed by atoms with Gasteiger partial charge in [-0.3, -0.25) is 10.1 Å². The van der Waals surface area contributed by atoms with Crippen LogP contribution in [0, 0.1) is 0 Å². The smallest absolute Gasteiger partial charge is 0.322 e. The maximum Gasteiger partial charge on any atom is 0.322 e. The third-order valence-electron chi connectivity index (χ3n) is 2.64. The summed E-state index contributed by atoms with van der Waals surface area (Å²) in [5.74, 6) is 0.663. The number of hydrogen-bond donors (Lipinski definition) is 1. The first kappa shape index (κ1) is 15.0. The molecule has 0 aliphatic heterocycles. The van der Waals surface area contributed by atoms with Crippen LogP contribution in [-0.2, 0) is 16.0 Å². The van der Waals surface area contributed by atoms with Gasteiger partial charge in [0.25, 0.3) is 5.91 Å². The van der Waals surface area contributed by atoms with E-state index in [1.54, 1.807) is 26.2 Å². The fourth-order valence-corrected chi connectivity index (χ4v) is 1.56. The summed E-state index contributed by atoms with van der Waals surface area (Å²) in [5, 5.41) is 10.1. The zero-order valence-corrected chi connectivity index (χ0v) is 11.9. The Balaban J connectivity index is 1.87. The van der Waals surface area contributed by atoms with Crippen LogP contribution in [0.4, 0.5) is 6.01 Å². The summed E-state index contributed by atoms with van der Waals surface area (Å²) in [6, 6.07) is 9.14. The molecule has 21 heavy (non-hydrogen) atoms. The molecule has 0 aliphatic rings. The highest BCUT2D eigenvalue weighted by atomic mass is 16.5. The highest BCUT2D eigenvalue weighted by Crippen LogP contribution is 2.12. The SMILES string of the molecule is COCCc1nnc(NC(=O)C(C)Oc2ccccc2)o1. The molecule has 1 aromatic heterocycles. The Hall–Kier alpha value is -2.41. The number of benzene rings is 1. The average Bonchev–Trinajstić information content (AvgIpc) is 2.93. The van der Waals surface area contributed by atoms with Gasteiger partial charge in [-0.2, -0.15) is 0 Å². The van der Waals surface area contributed by atoms with Crippen molar-refractivity contribution in [1.29, 1.82) is 0 Å². The van der Waals surface area contributed by atoms with Crippen LogP contribution in [0.2, 0.25) is 0 Å². The molecule has 112 valence electrons. The second-order valence-electron chi connectivity index (χ2n) is 4.31. The van der Waals surface area contributed by atoms with Crippen LogP contribution in [0.25, 0.3) is 0 Å². The quantitative estimate of drug-likeness (QED) is 0.835. The number of carbonyl (C=O) groups excluding carboxylic acids is 1. The maximum atomic E-state index is 12.0. The van der Waals surface area contributed by atoms with Crippen molar-refractivity contribution in [3.8, 4) is 5.75 Å². The van der Waals surface area contributed by atoms with E-state index < -0.39 is 6.10 Å². The number of carbonyl (C=O) groups is 1. The lowest BCUT2D eigenvalue weighted by molar-refractivity contribution is -0.122. The van der Waals surface area contributed by atoms with Gasteiger partial charge in [0.1, 0.15) is 5.75 Å². The summed E-state index contributed by atoms with van der Waals surface area (Å²) in [7, 11) is 1.58. The van der Waals surface area contributed by atoms with E-state index in [0.717, 1.165) is 0 Å². The Morgan fingerprint density at radius 1 is 1.33 bits per heavy atom. The van der Waals surface area contributed by atoms with Gasteiger partial charge in [0.2, 0.25) is 5.89 Å². The molecule has 1 N–H and O–H groups in total. The first-order valence-electron chi connectivity index (χ1n) is 6.53. The Morgan fingerprint density at radius 3 is 2.81 bits per heavy atom. The summed E-state index contributed by atoms with van der Waals surface area (Å²) in [5.41, 5.74) is 0. The van der Waals surface area contributed by atoms with E-state index >= 15 is 0 Å². The first-order chi connectivity index (χ1) is 10.2. The Bertz CT molecular complexity index is 571. The van der Waals surface area contributed by atoms with Crippen LogP contribution in [0.1, 0.15) is 12.8 Å². The van der Waals surface area contributed by atoms with Gasteiger partial charge in [-0.25, -0.2) is 0 Å². The van der Waals surface area contributed by atoms with Gasteiger partial charge in [-0.1, -0.05) is 23.3 Å². The molecule has 1 heterocycles. The van der Waals surface area contributed by atoms with Gasteiger partial charge < -0.3 is 13.9 Å². The minimum Gasteiger partial charge on any atom is -0.481 e. The number of nitrogens with zero attached hydrogens (tertiary/aromatic N) is 2. The van der Waals surface area contributed by atoms with Crippen molar-refractivity contribution in [2.75, 3.05) is 19.0 Å². The lowest BCUT2D eigenvalue weighted by Crippen LogP contribution is -2.30. The van der Waals surface area contributed by atoms with E-state index in [1.165, 1.54) is 0 Å². The van der Waals surface area contributed by atoms with E-state index in [1.807, 2.05) is 18.2 Å². The molecule has 1 aromatic carbocycles. The zero-order valence-electron chi connectivity index (χ0n) is 11.9. The predicted octanol–water partition coefficient (Wildman–Crippen LogP) is 1.66. The lowest BCUT2D eigenvalue weighted by Gasteiger charge is -2.12. The molecule has 2 rings (SSSR count). The molecule has 7 nitrogen and oxygen atoms in total. The minimum absolute atomic E-state index is 0.0506. The van der Waals surface area contributed by atoms with Gasteiger partial charge in [0.15, 0.2) is 6.10 Å². The number of rotatable bonds is 7. The Morgan fingerprint density at radius 2 is 2.10 bits per heavy atom. The second kappa shape index (κ2) is 7.39. The first-order valence-corrected chi connectivity index (χ1v) is 6.53. The Kier molecular flexibility index (Phi) is 5.28. The van der Waals surface area contributed by atoms with Gasteiger partial charge in [-0.15, -0.1) is 5.10 Å². The van der Waals surface area contributed by atoms with E-state index in [9.17, 15) is 4.79 Å². The van der Waals surface area contributed by atoms with Crippen molar-refractivity contribution in [1.82, 2.24) is 10.2 Å². The molecule has 0 fully saturated rings. The largest absolute Gasteiger partial charge is 0.481 e. The number of aromatic nitrogens is 2. The molecule has 0 bridgehead atoms. The summed E-state index contributed by atoms with van der Waals surface area (Å²) in [4.78, 5) is 12.0. The lowest BCUT2D eigenvalue weighted by atomic mass is 10.3. The Labute approximate surface area is 122 Å². The fraction of sp³-hybridized carbons (Fsp3) is 0.357. The molecular formula is C14H17N3O4. The van der Waals surface area contributed by atoms with Crippen LogP contribution in [-0.4, -0.2) is 35.9 Å². The number of hydrogen-bond acceptors (Lipinski definition) is 6. The second-order valence-corrected chi connectivity index (χ2v) is 4.31. The molecule has 0 aliphatic carbocycles. The van der Waals surface area contributed by atoms with Crippen LogP contribution in [0.5, 0.6) is 5.75 Å². The van der Waals surface area contributed by atoms with Gasteiger partial charge in [-0.05, 0) is 19.1 Å². The highest BCUT2D eigenvalue weighted by Gasteiger charge is 2.17. The van der Waals surface area contributed by atoms with E-state index in [2.05, 4.69) is 15.5 Å². The van der Waals surface area contributed by atoms with Crippen molar-refractivity contribution in [3.63, 3.8) is 0 Å². The summed E-state index contributed by atoms with van der Waals surface area (Å²) >= 11 is 0. The molecule has 2 aromatic rings. The zero-order chi connectivity index (χ0) is 15.1. The molecular weight excluding hydrogens is 274 g/mol. The van der Waals surface area contributed by atoms with Crippen molar-refractivity contribution in [3.05, 3.63) is 36.2 Å². The number of anilines is 1. The van der Waals surface area contributed by atoms with Crippen molar-refractivity contribution >= 4 is 11.9 Å². The molecule has 0 spiro atoms. The van der Waals surface area contributed by atoms with Gasteiger partial charge in [0.05, 0.1) is 6.61 Å². The van der Waals surface area contributed by atoms with Crippen molar-refractivity contribution < 1.29 is 18.7 Å². The third kappa shape index (κ3) is 4.57. The highest BCUT2D eigenvalue weighted by molar-refractivity contribution is 5.92. The van der Waals surface area contributed by atoms with E-state index in [-0.39, 0.29) is 11.9 Å². The monoisotopic (exact) mass is 291 g/mol. The number of ether oxygens (including phenoxy) is 2. The molecule has 1 unspecified atom stereocenters. The molecule has 1 atom stereocenters. The van der Waals surface area contributed by atoms with Crippen LogP contribution in [0.3, 0.4) is 0 Å². The number of nitrogens with one attached hydrogen (secondary N) is 1. The average molecular weight is 291 g/mol. The number of para-hydroxylation sites is 1. The molecule has 0 saturated carbocycles. The maximum absolute atomic E-state index is 12.0. The molecule has 0 saturated heterocycles. The topological polar surface area (TPSA) is 86.5 Å². The van der Waals surface area contributed by atoms with E-state index in [4.69, 9.17) is 13.9 Å². The van der Waals surface area contributed by atoms with Crippen molar-refractivity contribution in [2.24, 2.45) is 0 Å². The molecule has 1 amide bonds. The predicted molar refractivity (Wildman–Crippen MR) is 75.0 cm³/mol. The molecule has 7 heteroatoms. The van der Waals surface area contributed by atoms with Crippen LogP contribution < -0.4 is 10.1 Å². The van der Waals surface area contributed by atoms with Gasteiger partial charge >= 0.3 is 6.01 Å².